The van der Waals surface area contributed by atoms with E-state index in [9.17, 15) is 9.59 Å². The summed E-state index contributed by atoms with van der Waals surface area (Å²) in [5, 5.41) is 6.31. The molecule has 3 aliphatic rings. The molecule has 3 aromatic carbocycles. The van der Waals surface area contributed by atoms with Crippen molar-refractivity contribution < 1.29 is 19.1 Å². The summed E-state index contributed by atoms with van der Waals surface area (Å²) in [6, 6.07) is 21.5. The summed E-state index contributed by atoms with van der Waals surface area (Å²) in [4.78, 5) is 46.2. The Morgan fingerprint density at radius 2 is 1.39 bits per heavy atom. The number of hydrogen-bond acceptors (Lipinski definition) is 10. The van der Waals surface area contributed by atoms with Gasteiger partial charge in [0.05, 0.1) is 19.9 Å². The number of halogens is 2. The molecule has 2 N–H and O–H groups in total. The van der Waals surface area contributed by atoms with Gasteiger partial charge in [-0.3, -0.25) is 9.69 Å². The molecule has 4 heterocycles. The van der Waals surface area contributed by atoms with Crippen LogP contribution in [-0.2, 0) is 4.79 Å². The zero-order valence-corrected chi connectivity index (χ0v) is 34.3. The first-order valence-corrected chi connectivity index (χ1v) is 20.4. The van der Waals surface area contributed by atoms with E-state index in [0.29, 0.717) is 29.0 Å². The molecule has 0 bridgehead atoms. The maximum Gasteiger partial charge on any atom is 0.327 e. The maximum atomic E-state index is 13.6. The third kappa shape index (κ3) is 9.60. The number of nitrogens with one attached hydrogen (secondary N) is 2. The number of benzene rings is 3. The van der Waals surface area contributed by atoms with Crippen LogP contribution in [0.4, 0.5) is 39.2 Å². The van der Waals surface area contributed by atoms with Crippen molar-refractivity contribution >= 4 is 69.5 Å². The summed E-state index contributed by atoms with van der Waals surface area (Å²) in [5.74, 6) is 2.65. The van der Waals surface area contributed by atoms with Crippen LogP contribution in [0.15, 0.2) is 73.1 Å². The van der Waals surface area contributed by atoms with E-state index in [0.717, 1.165) is 89.0 Å². The van der Waals surface area contributed by atoms with Gasteiger partial charge in [0.25, 0.3) is 0 Å². The lowest BCUT2D eigenvalue weighted by molar-refractivity contribution is -0.137. The normalized spacial score (nSPS) is 17.0. The molecule has 0 unspecified atom stereocenters. The number of anilines is 6. The molecule has 0 atom stereocenters. The Kier molecular flexibility index (Phi) is 13.1. The fourth-order valence-corrected chi connectivity index (χ4v) is 8.57. The van der Waals surface area contributed by atoms with E-state index >= 15 is 0 Å². The first-order valence-electron chi connectivity index (χ1n) is 19.6. The Hall–Kier alpha value is -4.98. The van der Waals surface area contributed by atoms with Crippen LogP contribution < -0.4 is 34.8 Å². The minimum absolute atomic E-state index is 0.128. The van der Waals surface area contributed by atoms with E-state index in [1.807, 2.05) is 12.1 Å². The number of carbonyl (C=O) groups is 2. The minimum atomic E-state index is -0.531. The van der Waals surface area contributed by atoms with Crippen molar-refractivity contribution in [2.75, 3.05) is 106 Å². The summed E-state index contributed by atoms with van der Waals surface area (Å²) in [5.41, 5.74) is 3.42. The van der Waals surface area contributed by atoms with Gasteiger partial charge in [0.2, 0.25) is 5.91 Å². The molecule has 3 fully saturated rings. The fraction of sp³-hybridized carbons (Fsp3) is 0.429. The van der Waals surface area contributed by atoms with Gasteiger partial charge in [0.15, 0.2) is 0 Å². The molecule has 57 heavy (non-hydrogen) atoms. The average molecular weight is 817 g/mol. The van der Waals surface area contributed by atoms with Gasteiger partial charge >= 0.3 is 6.03 Å². The number of ether oxygens (including phenoxy) is 2. The molecule has 13 nitrogen and oxygen atoms in total. The molecule has 302 valence electrons. The third-order valence-electron chi connectivity index (χ3n) is 11.4. The number of nitrogens with zero attached hydrogens (tertiary/aromatic N) is 7. The molecule has 3 aliphatic heterocycles. The Labute approximate surface area is 344 Å². The summed E-state index contributed by atoms with van der Waals surface area (Å²) in [6.45, 7) is 8.48. The average Bonchev–Trinajstić information content (AvgIpc) is 3.26. The van der Waals surface area contributed by atoms with Gasteiger partial charge in [-0.25, -0.2) is 14.8 Å². The predicted molar refractivity (Wildman–Crippen MR) is 228 cm³/mol. The highest BCUT2D eigenvalue weighted by Crippen LogP contribution is 2.44. The summed E-state index contributed by atoms with van der Waals surface area (Å²) < 4.78 is 10.6. The number of aromatic nitrogens is 2. The van der Waals surface area contributed by atoms with Crippen molar-refractivity contribution in [1.82, 2.24) is 19.8 Å². The number of para-hydroxylation sites is 1. The fourth-order valence-electron chi connectivity index (χ4n) is 7.98. The summed E-state index contributed by atoms with van der Waals surface area (Å²) in [6.07, 6.45) is 5.76. The van der Waals surface area contributed by atoms with E-state index in [1.165, 1.54) is 44.0 Å². The quantitative estimate of drug-likeness (QED) is 0.158. The zero-order chi connectivity index (χ0) is 39.9. The molecule has 0 radical (unpaired) electrons. The van der Waals surface area contributed by atoms with Gasteiger partial charge in [-0.2, -0.15) is 0 Å². The summed E-state index contributed by atoms with van der Waals surface area (Å²) >= 11 is 12.9. The van der Waals surface area contributed by atoms with Crippen LogP contribution >= 0.6 is 23.2 Å². The van der Waals surface area contributed by atoms with Gasteiger partial charge in [-0.05, 0) is 81.1 Å². The number of urea groups is 1. The highest BCUT2D eigenvalue weighted by atomic mass is 35.5. The van der Waals surface area contributed by atoms with E-state index in [2.05, 4.69) is 82.7 Å². The first-order chi connectivity index (χ1) is 27.7. The first kappa shape index (κ1) is 40.2. The molecule has 1 aromatic heterocycles. The Bertz CT molecular complexity index is 1960. The standard InChI is InChI=1S/C42H51Cl2N9O4/c1-49(42(55)48-40-38(43)34(56-2)25-35(57-3)39(40)44)37-26-36(45-28-46-37)47-31-9-11-33(12-10-31)52-21-23-53(24-22-52)41(54)30-15-17-50(18-16-30)27-29-13-19-51(20-14-29)32-7-5-4-6-8-32/h4-12,25-26,28-30H,13-24,27H2,1-3H3,(H,48,55)(H,45,46,47). The van der Waals surface area contributed by atoms with Crippen molar-refractivity contribution in [2.45, 2.75) is 25.7 Å². The Morgan fingerprint density at radius 1 is 0.772 bits per heavy atom. The van der Waals surface area contributed by atoms with Crippen molar-refractivity contribution in [3.8, 4) is 11.5 Å². The van der Waals surface area contributed by atoms with Gasteiger partial charge in [-0.1, -0.05) is 41.4 Å². The van der Waals surface area contributed by atoms with Crippen molar-refractivity contribution in [2.24, 2.45) is 11.8 Å². The number of hydrogen-bond donors (Lipinski definition) is 2. The van der Waals surface area contributed by atoms with Gasteiger partial charge < -0.3 is 39.7 Å². The van der Waals surface area contributed by atoms with Crippen LogP contribution in [0.25, 0.3) is 0 Å². The van der Waals surface area contributed by atoms with Gasteiger partial charge in [0.1, 0.15) is 39.5 Å². The Morgan fingerprint density at radius 3 is 2.02 bits per heavy atom. The van der Waals surface area contributed by atoms with Gasteiger partial charge in [0, 0.05) is 88.0 Å². The number of piperazine rings is 1. The lowest BCUT2D eigenvalue weighted by atomic mass is 9.91. The number of methoxy groups -OCH3 is 2. The predicted octanol–water partition coefficient (Wildman–Crippen LogP) is 7.49. The molecule has 4 aromatic rings. The monoisotopic (exact) mass is 815 g/mol. The topological polar surface area (TPSA) is 119 Å². The highest BCUT2D eigenvalue weighted by molar-refractivity contribution is 6.41. The Balaban J connectivity index is 0.849. The number of likely N-dealkylation sites (tertiary alicyclic amines) is 1. The van der Waals surface area contributed by atoms with E-state index < -0.39 is 6.03 Å². The third-order valence-corrected chi connectivity index (χ3v) is 12.1. The zero-order valence-electron chi connectivity index (χ0n) is 32.8. The van der Waals surface area contributed by atoms with Crippen molar-refractivity contribution in [3.05, 3.63) is 83.1 Å². The van der Waals surface area contributed by atoms with Crippen LogP contribution in [0, 0.1) is 11.8 Å². The van der Waals surface area contributed by atoms with E-state index in [-0.39, 0.29) is 21.7 Å². The van der Waals surface area contributed by atoms with Crippen molar-refractivity contribution in [1.29, 1.82) is 0 Å². The molecule has 0 saturated carbocycles. The highest BCUT2D eigenvalue weighted by Gasteiger charge is 2.32. The van der Waals surface area contributed by atoms with Crippen molar-refractivity contribution in [3.63, 3.8) is 0 Å². The van der Waals surface area contributed by atoms with Crippen LogP contribution in [-0.4, -0.2) is 112 Å². The van der Waals surface area contributed by atoms with Crippen LogP contribution in [0.1, 0.15) is 25.7 Å². The number of rotatable bonds is 11. The molecular weight excluding hydrogens is 765 g/mol. The van der Waals surface area contributed by atoms with Gasteiger partial charge in [-0.15, -0.1) is 0 Å². The number of carbonyl (C=O) groups excluding carboxylic acids is 2. The van der Waals surface area contributed by atoms with Crippen LogP contribution in [0.3, 0.4) is 0 Å². The second kappa shape index (κ2) is 18.5. The van der Waals surface area contributed by atoms with Crippen LogP contribution in [0.2, 0.25) is 10.0 Å². The molecule has 15 heteroatoms. The summed E-state index contributed by atoms with van der Waals surface area (Å²) in [7, 11) is 4.49. The second-order valence-electron chi connectivity index (χ2n) is 14.9. The molecular formula is C42H51Cl2N9O4. The molecule has 3 amide bonds. The number of amides is 3. The smallest absolute Gasteiger partial charge is 0.327 e. The number of piperidine rings is 2. The lowest BCUT2D eigenvalue weighted by Crippen LogP contribution is -2.52. The molecule has 7 rings (SSSR count). The largest absolute Gasteiger partial charge is 0.495 e. The molecule has 3 saturated heterocycles. The minimum Gasteiger partial charge on any atom is -0.495 e. The van der Waals surface area contributed by atoms with Crippen LogP contribution in [0.5, 0.6) is 11.5 Å². The maximum absolute atomic E-state index is 13.6. The second-order valence-corrected chi connectivity index (χ2v) is 15.6. The van der Waals surface area contributed by atoms with E-state index in [1.54, 1.807) is 19.2 Å². The molecule has 0 aliphatic carbocycles. The lowest BCUT2D eigenvalue weighted by Gasteiger charge is -2.40. The molecule has 0 spiro atoms. The SMILES string of the molecule is COc1cc(OC)c(Cl)c(NC(=O)N(C)c2cc(Nc3ccc(N4CCN(C(=O)C5CCN(CC6CCN(c7ccccc7)CC6)CC5)CC4)cc3)ncn2)c1Cl. The van der Waals surface area contributed by atoms with E-state index in [4.69, 9.17) is 32.7 Å².